The SMILES string of the molecule is CCNC1CCCC(N(C)CCN2CCCC2)C1. The van der Waals surface area contributed by atoms with Crippen LogP contribution in [0.3, 0.4) is 0 Å². The third-order valence-corrected chi connectivity index (χ3v) is 4.73. The molecule has 2 fully saturated rings. The molecule has 1 saturated heterocycles. The van der Waals surface area contributed by atoms with Crippen LogP contribution in [-0.4, -0.2) is 61.7 Å². The molecule has 18 heavy (non-hydrogen) atoms. The van der Waals surface area contributed by atoms with E-state index in [2.05, 4.69) is 29.1 Å². The van der Waals surface area contributed by atoms with Gasteiger partial charge in [0.05, 0.1) is 0 Å². The maximum Gasteiger partial charge on any atom is 0.0109 e. The molecule has 0 aromatic carbocycles. The van der Waals surface area contributed by atoms with Crippen molar-refractivity contribution in [2.24, 2.45) is 0 Å². The first-order chi connectivity index (χ1) is 8.79. The summed E-state index contributed by atoms with van der Waals surface area (Å²) in [5.74, 6) is 0. The van der Waals surface area contributed by atoms with Crippen molar-refractivity contribution in [1.82, 2.24) is 15.1 Å². The average Bonchev–Trinajstić information content (AvgIpc) is 2.90. The number of hydrogen-bond donors (Lipinski definition) is 1. The van der Waals surface area contributed by atoms with Crippen LogP contribution in [0.25, 0.3) is 0 Å². The lowest BCUT2D eigenvalue weighted by atomic mass is 9.90. The molecule has 2 aliphatic rings. The molecule has 1 heterocycles. The van der Waals surface area contributed by atoms with Crippen molar-refractivity contribution < 1.29 is 0 Å². The predicted octanol–water partition coefficient (Wildman–Crippen LogP) is 1.93. The molecule has 2 unspecified atom stereocenters. The van der Waals surface area contributed by atoms with E-state index in [1.807, 2.05) is 0 Å². The van der Waals surface area contributed by atoms with Gasteiger partial charge in [0.15, 0.2) is 0 Å². The van der Waals surface area contributed by atoms with E-state index < -0.39 is 0 Å². The second-order valence-corrected chi connectivity index (χ2v) is 6.10. The van der Waals surface area contributed by atoms with Gasteiger partial charge in [0.25, 0.3) is 0 Å². The fourth-order valence-corrected chi connectivity index (χ4v) is 3.53. The summed E-state index contributed by atoms with van der Waals surface area (Å²) in [7, 11) is 2.33. The minimum absolute atomic E-state index is 0.767. The highest BCUT2D eigenvalue weighted by atomic mass is 15.2. The number of likely N-dealkylation sites (tertiary alicyclic amines) is 1. The summed E-state index contributed by atoms with van der Waals surface area (Å²) in [6, 6.07) is 1.58. The maximum absolute atomic E-state index is 3.63. The van der Waals surface area contributed by atoms with Crippen LogP contribution in [-0.2, 0) is 0 Å². The van der Waals surface area contributed by atoms with Gasteiger partial charge in [-0.15, -0.1) is 0 Å². The molecule has 1 aliphatic heterocycles. The molecular formula is C15H31N3. The second kappa shape index (κ2) is 7.46. The number of rotatable bonds is 6. The third-order valence-electron chi connectivity index (χ3n) is 4.73. The first kappa shape index (κ1) is 14.3. The van der Waals surface area contributed by atoms with Gasteiger partial charge in [-0.25, -0.2) is 0 Å². The number of likely N-dealkylation sites (N-methyl/N-ethyl adjacent to an activating group) is 1. The van der Waals surface area contributed by atoms with Gasteiger partial charge < -0.3 is 15.1 Å². The van der Waals surface area contributed by atoms with Crippen LogP contribution < -0.4 is 5.32 Å². The van der Waals surface area contributed by atoms with Crippen molar-refractivity contribution in [2.75, 3.05) is 39.8 Å². The lowest BCUT2D eigenvalue weighted by molar-refractivity contribution is 0.153. The first-order valence-corrected chi connectivity index (χ1v) is 7.95. The molecular weight excluding hydrogens is 222 g/mol. The molecule has 1 saturated carbocycles. The van der Waals surface area contributed by atoms with E-state index in [1.54, 1.807) is 0 Å². The fourth-order valence-electron chi connectivity index (χ4n) is 3.53. The summed E-state index contributed by atoms with van der Waals surface area (Å²) in [4.78, 5) is 5.24. The molecule has 2 atom stereocenters. The lowest BCUT2D eigenvalue weighted by Crippen LogP contribution is -2.44. The summed E-state index contributed by atoms with van der Waals surface area (Å²) in [5, 5.41) is 3.63. The van der Waals surface area contributed by atoms with Gasteiger partial charge in [-0.3, -0.25) is 0 Å². The van der Waals surface area contributed by atoms with Crippen LogP contribution in [0.15, 0.2) is 0 Å². The molecule has 0 bridgehead atoms. The van der Waals surface area contributed by atoms with Crippen LogP contribution in [0.2, 0.25) is 0 Å². The van der Waals surface area contributed by atoms with Crippen molar-refractivity contribution >= 4 is 0 Å². The van der Waals surface area contributed by atoms with Crippen LogP contribution in [0.4, 0.5) is 0 Å². The quantitative estimate of drug-likeness (QED) is 0.780. The van der Waals surface area contributed by atoms with Crippen LogP contribution in [0, 0.1) is 0 Å². The molecule has 0 spiro atoms. The van der Waals surface area contributed by atoms with Gasteiger partial charge >= 0.3 is 0 Å². The summed E-state index contributed by atoms with van der Waals surface area (Å²) in [6.07, 6.45) is 8.36. The molecule has 3 heteroatoms. The Morgan fingerprint density at radius 3 is 2.67 bits per heavy atom. The van der Waals surface area contributed by atoms with Crippen molar-refractivity contribution in [3.8, 4) is 0 Å². The molecule has 106 valence electrons. The molecule has 3 nitrogen and oxygen atoms in total. The Morgan fingerprint density at radius 1 is 1.17 bits per heavy atom. The summed E-state index contributed by atoms with van der Waals surface area (Å²) in [6.45, 7) is 8.54. The Balaban J connectivity index is 1.68. The number of nitrogens with one attached hydrogen (secondary N) is 1. The van der Waals surface area contributed by atoms with Crippen LogP contribution >= 0.6 is 0 Å². The Labute approximate surface area is 113 Å². The van der Waals surface area contributed by atoms with Gasteiger partial charge in [-0.1, -0.05) is 13.3 Å². The molecule has 0 radical (unpaired) electrons. The fraction of sp³-hybridized carbons (Fsp3) is 1.00. The van der Waals surface area contributed by atoms with Crippen molar-refractivity contribution in [1.29, 1.82) is 0 Å². The topological polar surface area (TPSA) is 18.5 Å². The molecule has 0 amide bonds. The van der Waals surface area contributed by atoms with Gasteiger partial charge in [0, 0.05) is 25.2 Å². The number of hydrogen-bond acceptors (Lipinski definition) is 3. The molecule has 0 aromatic heterocycles. The summed E-state index contributed by atoms with van der Waals surface area (Å²) >= 11 is 0. The molecule has 2 rings (SSSR count). The highest BCUT2D eigenvalue weighted by Crippen LogP contribution is 2.22. The highest BCUT2D eigenvalue weighted by Gasteiger charge is 2.24. The largest absolute Gasteiger partial charge is 0.314 e. The van der Waals surface area contributed by atoms with E-state index in [9.17, 15) is 0 Å². The molecule has 1 aliphatic carbocycles. The Morgan fingerprint density at radius 2 is 1.94 bits per heavy atom. The van der Waals surface area contributed by atoms with Crippen LogP contribution in [0.1, 0.15) is 45.4 Å². The van der Waals surface area contributed by atoms with E-state index in [0.29, 0.717) is 0 Å². The van der Waals surface area contributed by atoms with E-state index in [0.717, 1.165) is 18.6 Å². The zero-order valence-electron chi connectivity index (χ0n) is 12.3. The van der Waals surface area contributed by atoms with E-state index in [-0.39, 0.29) is 0 Å². The smallest absolute Gasteiger partial charge is 0.0109 e. The van der Waals surface area contributed by atoms with Crippen molar-refractivity contribution in [3.05, 3.63) is 0 Å². The summed E-state index contributed by atoms with van der Waals surface area (Å²) in [5.41, 5.74) is 0. The van der Waals surface area contributed by atoms with Gasteiger partial charge in [-0.2, -0.15) is 0 Å². The highest BCUT2D eigenvalue weighted by molar-refractivity contribution is 4.83. The number of nitrogens with zero attached hydrogens (tertiary/aromatic N) is 2. The zero-order chi connectivity index (χ0) is 12.8. The van der Waals surface area contributed by atoms with Crippen molar-refractivity contribution in [3.63, 3.8) is 0 Å². The standard InChI is InChI=1S/C15H31N3/c1-3-16-14-7-6-8-15(13-14)17(2)11-12-18-9-4-5-10-18/h14-16H,3-13H2,1-2H3. The third kappa shape index (κ3) is 4.22. The van der Waals surface area contributed by atoms with E-state index in [4.69, 9.17) is 0 Å². The minimum Gasteiger partial charge on any atom is -0.314 e. The normalized spacial score (nSPS) is 30.2. The lowest BCUT2D eigenvalue weighted by Gasteiger charge is -2.36. The second-order valence-electron chi connectivity index (χ2n) is 6.10. The predicted molar refractivity (Wildman–Crippen MR) is 78.0 cm³/mol. The minimum atomic E-state index is 0.767. The first-order valence-electron chi connectivity index (χ1n) is 7.95. The van der Waals surface area contributed by atoms with Gasteiger partial charge in [0.2, 0.25) is 0 Å². The summed E-state index contributed by atoms with van der Waals surface area (Å²) < 4.78 is 0. The molecule has 0 aromatic rings. The average molecular weight is 253 g/mol. The van der Waals surface area contributed by atoms with Crippen molar-refractivity contribution in [2.45, 2.75) is 57.5 Å². The van der Waals surface area contributed by atoms with E-state index in [1.165, 1.54) is 64.7 Å². The Bertz CT molecular complexity index is 224. The van der Waals surface area contributed by atoms with E-state index >= 15 is 0 Å². The molecule has 1 N–H and O–H groups in total. The Hall–Kier alpha value is -0.120. The Kier molecular flexibility index (Phi) is 5.93. The maximum atomic E-state index is 3.63. The van der Waals surface area contributed by atoms with Crippen LogP contribution in [0.5, 0.6) is 0 Å². The zero-order valence-corrected chi connectivity index (χ0v) is 12.3. The van der Waals surface area contributed by atoms with Gasteiger partial charge in [-0.05, 0) is 58.8 Å². The monoisotopic (exact) mass is 253 g/mol. The van der Waals surface area contributed by atoms with Gasteiger partial charge in [0.1, 0.15) is 0 Å².